The molecule has 1 aromatic heterocycles. The highest BCUT2D eigenvalue weighted by Crippen LogP contribution is 2.39. The molecule has 0 atom stereocenters. The molecule has 45 heavy (non-hydrogen) atoms. The van der Waals surface area contributed by atoms with E-state index >= 15 is 0 Å². The molecule has 0 saturated carbocycles. The van der Waals surface area contributed by atoms with Crippen molar-refractivity contribution in [2.45, 2.75) is 0 Å². The first kappa shape index (κ1) is 26.7. The van der Waals surface area contributed by atoms with E-state index in [0.717, 1.165) is 17.1 Å². The number of benzene rings is 7. The van der Waals surface area contributed by atoms with Crippen LogP contribution in [0.1, 0.15) is 0 Å². The zero-order valence-corrected chi connectivity index (χ0v) is 25.1. The van der Waals surface area contributed by atoms with Gasteiger partial charge in [0.1, 0.15) is 0 Å². The van der Waals surface area contributed by atoms with E-state index in [1.54, 1.807) is 0 Å². The fourth-order valence-electron chi connectivity index (χ4n) is 6.48. The Balaban J connectivity index is 1.20. The van der Waals surface area contributed by atoms with Gasteiger partial charge in [-0.3, -0.25) is 0 Å². The molecule has 2 heteroatoms. The van der Waals surface area contributed by atoms with E-state index in [-0.39, 0.29) is 0 Å². The lowest BCUT2D eigenvalue weighted by Gasteiger charge is -2.26. The fraction of sp³-hybridized carbons (Fsp3) is 0.0233. The van der Waals surface area contributed by atoms with Gasteiger partial charge < -0.3 is 9.47 Å². The topological polar surface area (TPSA) is 8.17 Å². The predicted molar refractivity (Wildman–Crippen MR) is 191 cm³/mol. The minimum absolute atomic E-state index is 1.12. The van der Waals surface area contributed by atoms with Gasteiger partial charge in [0.25, 0.3) is 0 Å². The van der Waals surface area contributed by atoms with Crippen LogP contribution in [0.15, 0.2) is 176 Å². The number of fused-ring (bicyclic) bond motifs is 3. The van der Waals surface area contributed by atoms with Gasteiger partial charge in [-0.15, -0.1) is 0 Å². The molecular formula is C43H32N2. The third-order valence-corrected chi connectivity index (χ3v) is 8.80. The highest BCUT2D eigenvalue weighted by Gasteiger charge is 2.16. The summed E-state index contributed by atoms with van der Waals surface area (Å²) in [5.74, 6) is 0. The molecule has 0 aliphatic rings. The molecule has 1 heterocycles. The van der Waals surface area contributed by atoms with Gasteiger partial charge in [-0.25, -0.2) is 0 Å². The van der Waals surface area contributed by atoms with Crippen molar-refractivity contribution in [2.24, 2.45) is 7.05 Å². The summed E-state index contributed by atoms with van der Waals surface area (Å²) >= 11 is 0. The van der Waals surface area contributed by atoms with Gasteiger partial charge in [0.15, 0.2) is 0 Å². The van der Waals surface area contributed by atoms with Crippen molar-refractivity contribution >= 4 is 38.9 Å². The Kier molecular flexibility index (Phi) is 6.73. The first-order valence-corrected chi connectivity index (χ1v) is 15.4. The van der Waals surface area contributed by atoms with Crippen LogP contribution < -0.4 is 4.90 Å². The van der Waals surface area contributed by atoms with Gasteiger partial charge in [0.2, 0.25) is 0 Å². The number of hydrogen-bond acceptors (Lipinski definition) is 1. The Morgan fingerprint density at radius 2 is 0.822 bits per heavy atom. The Bertz CT molecular complexity index is 2250. The normalized spacial score (nSPS) is 11.2. The molecule has 0 N–H and O–H groups in total. The summed E-state index contributed by atoms with van der Waals surface area (Å²) in [7, 11) is 2.17. The molecule has 0 saturated heterocycles. The van der Waals surface area contributed by atoms with Crippen molar-refractivity contribution in [3.05, 3.63) is 176 Å². The summed E-state index contributed by atoms with van der Waals surface area (Å²) in [6.07, 6.45) is 0. The first-order chi connectivity index (χ1) is 22.2. The quantitative estimate of drug-likeness (QED) is 0.191. The molecule has 0 amide bonds. The fourth-order valence-corrected chi connectivity index (χ4v) is 6.48. The number of aryl methyl sites for hydroxylation is 1. The van der Waals surface area contributed by atoms with Gasteiger partial charge in [-0.1, -0.05) is 121 Å². The number of nitrogens with zero attached hydrogens (tertiary/aromatic N) is 2. The summed E-state index contributed by atoms with van der Waals surface area (Å²) in [6.45, 7) is 0. The molecule has 0 radical (unpaired) electrons. The molecule has 0 unspecified atom stereocenters. The van der Waals surface area contributed by atoms with Crippen molar-refractivity contribution < 1.29 is 0 Å². The summed E-state index contributed by atoms with van der Waals surface area (Å²) in [5, 5.41) is 2.53. The summed E-state index contributed by atoms with van der Waals surface area (Å²) in [6, 6.07) is 63.2. The lowest BCUT2D eigenvalue weighted by atomic mass is 9.99. The monoisotopic (exact) mass is 576 g/mol. The maximum Gasteiger partial charge on any atom is 0.0509 e. The van der Waals surface area contributed by atoms with Gasteiger partial charge in [-0.05, 0) is 88.0 Å². The SMILES string of the molecule is Cn1c2ccc(-c3ccccc3)cc2c2ccc(N(c3ccccc3)c3ccc(-c4cccc(-c5ccccc5)c4)cc3)cc21. The third kappa shape index (κ3) is 4.97. The molecule has 0 spiro atoms. The lowest BCUT2D eigenvalue weighted by Crippen LogP contribution is -2.09. The average molecular weight is 577 g/mol. The minimum Gasteiger partial charge on any atom is -0.344 e. The largest absolute Gasteiger partial charge is 0.344 e. The molecular weight excluding hydrogens is 544 g/mol. The predicted octanol–water partition coefficient (Wildman–Crippen LogP) is 11.8. The summed E-state index contributed by atoms with van der Waals surface area (Å²) < 4.78 is 2.31. The molecule has 0 fully saturated rings. The second-order valence-electron chi connectivity index (χ2n) is 11.5. The highest BCUT2D eigenvalue weighted by atomic mass is 15.1. The van der Waals surface area contributed by atoms with Crippen LogP contribution in [-0.2, 0) is 7.05 Å². The molecule has 2 nitrogen and oxygen atoms in total. The second kappa shape index (κ2) is 11.3. The van der Waals surface area contributed by atoms with E-state index in [0.29, 0.717) is 0 Å². The van der Waals surface area contributed by atoms with Gasteiger partial charge >= 0.3 is 0 Å². The van der Waals surface area contributed by atoms with Crippen molar-refractivity contribution in [1.29, 1.82) is 0 Å². The van der Waals surface area contributed by atoms with Gasteiger partial charge in [0, 0.05) is 40.4 Å². The van der Waals surface area contributed by atoms with E-state index in [1.165, 1.54) is 55.2 Å². The number of anilines is 3. The Labute approximate surface area is 264 Å². The van der Waals surface area contributed by atoms with Crippen LogP contribution in [0.5, 0.6) is 0 Å². The molecule has 0 aliphatic heterocycles. The van der Waals surface area contributed by atoms with Crippen LogP contribution in [0.25, 0.3) is 55.2 Å². The smallest absolute Gasteiger partial charge is 0.0509 e. The van der Waals surface area contributed by atoms with Crippen LogP contribution in [-0.4, -0.2) is 4.57 Å². The lowest BCUT2D eigenvalue weighted by molar-refractivity contribution is 1.01. The first-order valence-electron chi connectivity index (χ1n) is 15.4. The van der Waals surface area contributed by atoms with Crippen LogP contribution in [0.4, 0.5) is 17.1 Å². The highest BCUT2D eigenvalue weighted by molar-refractivity contribution is 6.10. The van der Waals surface area contributed by atoms with Crippen LogP contribution in [0.3, 0.4) is 0 Å². The molecule has 8 rings (SSSR count). The van der Waals surface area contributed by atoms with Crippen LogP contribution >= 0.6 is 0 Å². The van der Waals surface area contributed by atoms with Crippen molar-refractivity contribution in [2.75, 3.05) is 4.90 Å². The Morgan fingerprint density at radius 1 is 0.333 bits per heavy atom. The van der Waals surface area contributed by atoms with E-state index in [9.17, 15) is 0 Å². The third-order valence-electron chi connectivity index (χ3n) is 8.80. The summed E-state index contributed by atoms with van der Waals surface area (Å²) in [5.41, 5.74) is 13.1. The molecule has 0 aliphatic carbocycles. The minimum atomic E-state index is 1.12. The number of aromatic nitrogens is 1. The molecule has 7 aromatic carbocycles. The average Bonchev–Trinajstić information content (AvgIpc) is 3.40. The van der Waals surface area contributed by atoms with Crippen LogP contribution in [0.2, 0.25) is 0 Å². The Morgan fingerprint density at radius 3 is 1.47 bits per heavy atom. The van der Waals surface area contributed by atoms with Crippen molar-refractivity contribution in [3.8, 4) is 33.4 Å². The summed E-state index contributed by atoms with van der Waals surface area (Å²) in [4.78, 5) is 2.34. The van der Waals surface area contributed by atoms with E-state index in [2.05, 4.69) is 192 Å². The van der Waals surface area contributed by atoms with Crippen molar-refractivity contribution in [3.63, 3.8) is 0 Å². The van der Waals surface area contributed by atoms with E-state index in [4.69, 9.17) is 0 Å². The zero-order valence-electron chi connectivity index (χ0n) is 25.1. The maximum absolute atomic E-state index is 2.34. The van der Waals surface area contributed by atoms with Gasteiger partial charge in [0.05, 0.1) is 5.52 Å². The standard InChI is InChI=1S/C43H32N2/c1-44-42-27-22-36(32-14-7-3-8-15-32)29-41(42)40-26-25-39(30-43(40)44)45(37-18-9-4-10-19-37)38-23-20-33(21-24-38)35-17-11-16-34(28-35)31-12-5-2-6-13-31/h2-30H,1H3. The molecule has 8 aromatic rings. The number of rotatable bonds is 6. The van der Waals surface area contributed by atoms with E-state index < -0.39 is 0 Å². The van der Waals surface area contributed by atoms with Crippen LogP contribution in [0, 0.1) is 0 Å². The van der Waals surface area contributed by atoms with Gasteiger partial charge in [-0.2, -0.15) is 0 Å². The Hall–Kier alpha value is -5.86. The zero-order chi connectivity index (χ0) is 30.2. The van der Waals surface area contributed by atoms with Crippen molar-refractivity contribution in [1.82, 2.24) is 4.57 Å². The molecule has 0 bridgehead atoms. The molecule has 214 valence electrons. The number of para-hydroxylation sites is 1. The second-order valence-corrected chi connectivity index (χ2v) is 11.5. The maximum atomic E-state index is 2.34. The number of hydrogen-bond donors (Lipinski definition) is 0. The van der Waals surface area contributed by atoms with E-state index in [1.807, 2.05) is 0 Å².